The predicted octanol–water partition coefficient (Wildman–Crippen LogP) is 0.686. The Bertz CT molecular complexity index is 317. The molecule has 1 unspecified atom stereocenters. The molecule has 1 fully saturated rings. The fraction of sp³-hybridized carbons (Fsp3) is 0.750. The van der Waals surface area contributed by atoms with Crippen molar-refractivity contribution in [1.29, 1.82) is 0 Å². The molecule has 0 aromatic carbocycles. The number of hydrogen-bond acceptors (Lipinski definition) is 4. The minimum absolute atomic E-state index is 0.490. The van der Waals surface area contributed by atoms with Gasteiger partial charge in [0.2, 0.25) is 12.8 Å². The zero-order chi connectivity index (χ0) is 11.0. The SMILES string of the molecule is CB1C(C)B(C)N(c2ncn[nH]2)CN1C. The van der Waals surface area contributed by atoms with Crippen molar-refractivity contribution in [3.63, 3.8) is 0 Å². The highest BCUT2D eigenvalue weighted by Gasteiger charge is 2.39. The Kier molecular flexibility index (Phi) is 2.73. The molecule has 2 rings (SSSR count). The van der Waals surface area contributed by atoms with E-state index in [1.165, 1.54) is 0 Å². The summed E-state index contributed by atoms with van der Waals surface area (Å²) in [4.78, 5) is 8.82. The Balaban J connectivity index is 2.20. The van der Waals surface area contributed by atoms with E-state index < -0.39 is 0 Å². The molecule has 0 bridgehead atoms. The van der Waals surface area contributed by atoms with Crippen LogP contribution in [0.2, 0.25) is 19.4 Å². The van der Waals surface area contributed by atoms with Gasteiger partial charge in [0.1, 0.15) is 6.33 Å². The van der Waals surface area contributed by atoms with Gasteiger partial charge >= 0.3 is 0 Å². The summed E-state index contributed by atoms with van der Waals surface area (Å²) in [5.74, 6) is 0.869. The van der Waals surface area contributed by atoms with Crippen molar-refractivity contribution < 1.29 is 0 Å². The van der Waals surface area contributed by atoms with E-state index in [2.05, 4.69) is 52.4 Å². The molecule has 0 radical (unpaired) electrons. The maximum Gasteiger partial charge on any atom is 0.253 e. The van der Waals surface area contributed by atoms with E-state index in [4.69, 9.17) is 0 Å². The number of nitrogens with one attached hydrogen (secondary N) is 1. The van der Waals surface area contributed by atoms with Crippen LogP contribution in [-0.4, -0.2) is 47.4 Å². The quantitative estimate of drug-likeness (QED) is 0.685. The highest BCUT2D eigenvalue weighted by molar-refractivity contribution is 6.80. The average Bonchev–Trinajstić information content (AvgIpc) is 2.73. The molecule has 7 heteroatoms. The van der Waals surface area contributed by atoms with E-state index in [1.54, 1.807) is 6.33 Å². The first-order valence-corrected chi connectivity index (χ1v) is 5.43. The number of anilines is 1. The number of aromatic amines is 1. The van der Waals surface area contributed by atoms with Crippen LogP contribution in [0.3, 0.4) is 0 Å². The minimum Gasteiger partial charge on any atom is -0.375 e. The van der Waals surface area contributed by atoms with Gasteiger partial charge in [0.25, 0.3) is 6.85 Å². The fourth-order valence-corrected chi connectivity index (χ4v) is 2.18. The number of nitrogens with zero attached hydrogens (tertiary/aromatic N) is 4. The smallest absolute Gasteiger partial charge is 0.253 e. The van der Waals surface area contributed by atoms with Crippen molar-refractivity contribution in [2.75, 3.05) is 18.5 Å². The van der Waals surface area contributed by atoms with Gasteiger partial charge in [-0.15, -0.1) is 0 Å². The van der Waals surface area contributed by atoms with Crippen LogP contribution in [0, 0.1) is 0 Å². The zero-order valence-electron chi connectivity index (χ0n) is 9.81. The van der Waals surface area contributed by atoms with E-state index in [1.807, 2.05) is 0 Å². The van der Waals surface area contributed by atoms with Crippen LogP contribution < -0.4 is 4.81 Å². The Morgan fingerprint density at radius 1 is 1.47 bits per heavy atom. The van der Waals surface area contributed by atoms with Gasteiger partial charge < -0.3 is 9.62 Å². The second-order valence-electron chi connectivity index (χ2n) is 4.52. The van der Waals surface area contributed by atoms with Gasteiger partial charge in [0.05, 0.1) is 6.67 Å². The summed E-state index contributed by atoms with van der Waals surface area (Å²) in [6.45, 7) is 8.81. The van der Waals surface area contributed by atoms with Gasteiger partial charge in [-0.3, -0.25) is 0 Å². The van der Waals surface area contributed by atoms with Crippen molar-refractivity contribution in [3.8, 4) is 0 Å². The van der Waals surface area contributed by atoms with Crippen molar-refractivity contribution in [2.24, 2.45) is 0 Å². The third-order valence-electron chi connectivity index (χ3n) is 3.76. The van der Waals surface area contributed by atoms with E-state index in [0.717, 1.165) is 12.6 Å². The first kappa shape index (κ1) is 10.5. The Morgan fingerprint density at radius 2 is 2.20 bits per heavy atom. The van der Waals surface area contributed by atoms with E-state index in [0.29, 0.717) is 19.4 Å². The molecule has 1 atom stereocenters. The molecular weight excluding hydrogens is 188 g/mol. The van der Waals surface area contributed by atoms with Crippen molar-refractivity contribution in [2.45, 2.75) is 26.3 Å². The molecule has 1 saturated heterocycles. The van der Waals surface area contributed by atoms with Crippen molar-refractivity contribution >= 4 is 19.6 Å². The standard InChI is InChI=1S/C8H17B2N5/c1-7-9(2)14(4)6-15(10(7)3)8-11-5-12-13-8/h5,7H,6H2,1-4H3,(H,11,12,13). The van der Waals surface area contributed by atoms with Gasteiger partial charge in [-0.2, -0.15) is 5.10 Å². The number of hydrogen-bond donors (Lipinski definition) is 1. The van der Waals surface area contributed by atoms with Crippen molar-refractivity contribution in [1.82, 2.24) is 20.0 Å². The topological polar surface area (TPSA) is 48.1 Å². The summed E-state index contributed by atoms with van der Waals surface area (Å²) in [6, 6.07) is 0. The molecule has 0 aliphatic carbocycles. The number of aromatic nitrogens is 3. The molecule has 0 spiro atoms. The lowest BCUT2D eigenvalue weighted by Crippen LogP contribution is -2.60. The van der Waals surface area contributed by atoms with Gasteiger partial charge in [-0.05, 0) is 7.05 Å². The lowest BCUT2D eigenvalue weighted by Gasteiger charge is -2.43. The van der Waals surface area contributed by atoms with Crippen LogP contribution in [0.15, 0.2) is 6.33 Å². The average molecular weight is 205 g/mol. The molecule has 15 heavy (non-hydrogen) atoms. The first-order chi connectivity index (χ1) is 7.11. The summed E-state index contributed by atoms with van der Waals surface area (Å²) in [5, 5.41) is 6.84. The minimum atomic E-state index is 0.490. The molecule has 0 amide bonds. The Labute approximate surface area is 91.4 Å². The van der Waals surface area contributed by atoms with E-state index >= 15 is 0 Å². The Hall–Kier alpha value is -0.970. The highest BCUT2D eigenvalue weighted by Crippen LogP contribution is 2.26. The van der Waals surface area contributed by atoms with E-state index in [9.17, 15) is 0 Å². The molecule has 1 aliphatic heterocycles. The number of rotatable bonds is 1. The summed E-state index contributed by atoms with van der Waals surface area (Å²) in [5.41, 5.74) is 0.619. The summed E-state index contributed by atoms with van der Waals surface area (Å²) >= 11 is 0. The molecule has 80 valence electrons. The van der Waals surface area contributed by atoms with E-state index in [-0.39, 0.29) is 0 Å². The normalized spacial score (nSPS) is 23.7. The molecule has 2 heterocycles. The summed E-state index contributed by atoms with van der Waals surface area (Å²) in [7, 11) is 2.15. The van der Waals surface area contributed by atoms with Crippen LogP contribution in [0.4, 0.5) is 5.95 Å². The van der Waals surface area contributed by atoms with Crippen LogP contribution >= 0.6 is 0 Å². The summed E-state index contributed by atoms with van der Waals surface area (Å²) < 4.78 is 0. The van der Waals surface area contributed by atoms with Crippen molar-refractivity contribution in [3.05, 3.63) is 6.33 Å². The Morgan fingerprint density at radius 3 is 2.80 bits per heavy atom. The van der Waals surface area contributed by atoms with Gasteiger partial charge in [0, 0.05) is 0 Å². The molecule has 1 aromatic rings. The number of H-pyrrole nitrogens is 1. The van der Waals surface area contributed by atoms with Crippen LogP contribution in [0.25, 0.3) is 0 Å². The van der Waals surface area contributed by atoms with Crippen LogP contribution in [-0.2, 0) is 0 Å². The molecule has 1 aliphatic rings. The van der Waals surface area contributed by atoms with Crippen LogP contribution in [0.5, 0.6) is 0 Å². The molecule has 0 saturated carbocycles. The van der Waals surface area contributed by atoms with Crippen LogP contribution in [0.1, 0.15) is 6.92 Å². The van der Waals surface area contributed by atoms with Gasteiger partial charge in [0.15, 0.2) is 0 Å². The van der Waals surface area contributed by atoms with Gasteiger partial charge in [-0.25, -0.2) is 10.1 Å². The summed E-state index contributed by atoms with van der Waals surface area (Å²) in [6.07, 6.45) is 1.56. The molecule has 5 nitrogen and oxygen atoms in total. The fourth-order valence-electron chi connectivity index (χ4n) is 2.18. The monoisotopic (exact) mass is 205 g/mol. The van der Waals surface area contributed by atoms with Gasteiger partial charge in [-0.1, -0.05) is 26.3 Å². The molecule has 1 N–H and O–H groups in total. The second-order valence-corrected chi connectivity index (χ2v) is 4.52. The third kappa shape index (κ3) is 1.76. The second kappa shape index (κ2) is 3.89. The highest BCUT2D eigenvalue weighted by atomic mass is 15.4. The largest absolute Gasteiger partial charge is 0.375 e. The first-order valence-electron chi connectivity index (χ1n) is 5.43. The molecular formula is C8H17B2N5. The predicted molar refractivity (Wildman–Crippen MR) is 64.2 cm³/mol. The lowest BCUT2D eigenvalue weighted by molar-refractivity contribution is 0.515. The maximum atomic E-state index is 4.22. The third-order valence-corrected chi connectivity index (χ3v) is 3.76. The molecule has 1 aromatic heterocycles. The zero-order valence-corrected chi connectivity index (χ0v) is 9.81. The maximum absolute atomic E-state index is 4.22. The lowest BCUT2D eigenvalue weighted by atomic mass is 9.31.